The molecule has 2 aromatic heterocycles. The molecular weight excluding hydrogens is 250 g/mol. The Labute approximate surface area is 117 Å². The average Bonchev–Trinajstić information content (AvgIpc) is 2.79. The van der Waals surface area contributed by atoms with E-state index in [1.165, 1.54) is 11.1 Å². The molecule has 20 heavy (non-hydrogen) atoms. The predicted octanol–water partition coefficient (Wildman–Crippen LogP) is 3.01. The normalized spacial score (nSPS) is 11.2. The highest BCUT2D eigenvalue weighted by Crippen LogP contribution is 2.25. The van der Waals surface area contributed by atoms with Crippen LogP contribution in [0.25, 0.3) is 22.4 Å². The van der Waals surface area contributed by atoms with Crippen LogP contribution in [0.1, 0.15) is 17.0 Å². The average molecular weight is 267 g/mol. The third kappa shape index (κ3) is 2.42. The molecule has 0 atom stereocenters. The van der Waals surface area contributed by atoms with E-state index in [0.717, 1.165) is 11.1 Å². The van der Waals surface area contributed by atoms with E-state index in [2.05, 4.69) is 42.0 Å². The standard InChI is InChI=1S/C16H17N3O/c1-10-5-11(2)7-12(6-10)13-8-14-16(18-9-13)19-15(20-14)3-4-17/h5-9H,3-4,17H2,1-2H3. The van der Waals surface area contributed by atoms with Gasteiger partial charge in [-0.1, -0.05) is 29.3 Å². The quantitative estimate of drug-likeness (QED) is 0.792. The van der Waals surface area contributed by atoms with Crippen molar-refractivity contribution in [2.24, 2.45) is 5.73 Å². The molecular formula is C16H17N3O. The molecule has 102 valence electrons. The topological polar surface area (TPSA) is 64.9 Å². The number of hydrogen-bond acceptors (Lipinski definition) is 4. The predicted molar refractivity (Wildman–Crippen MR) is 79.5 cm³/mol. The van der Waals surface area contributed by atoms with Gasteiger partial charge in [0.1, 0.15) is 0 Å². The molecule has 0 aliphatic carbocycles. The second kappa shape index (κ2) is 5.06. The Morgan fingerprint density at radius 3 is 2.50 bits per heavy atom. The molecule has 1 aromatic carbocycles. The molecule has 0 saturated carbocycles. The number of rotatable bonds is 3. The number of hydrogen-bond donors (Lipinski definition) is 1. The lowest BCUT2D eigenvalue weighted by Gasteiger charge is -2.04. The van der Waals surface area contributed by atoms with Crippen molar-refractivity contribution in [3.8, 4) is 11.1 Å². The van der Waals surface area contributed by atoms with Crippen molar-refractivity contribution in [1.82, 2.24) is 9.97 Å². The van der Waals surface area contributed by atoms with Crippen molar-refractivity contribution < 1.29 is 4.42 Å². The fourth-order valence-electron chi connectivity index (χ4n) is 2.39. The van der Waals surface area contributed by atoms with E-state index in [1.807, 2.05) is 12.3 Å². The van der Waals surface area contributed by atoms with Crippen LogP contribution in [0.3, 0.4) is 0 Å². The van der Waals surface area contributed by atoms with Crippen LogP contribution < -0.4 is 5.73 Å². The van der Waals surface area contributed by atoms with Gasteiger partial charge in [-0.2, -0.15) is 4.98 Å². The molecule has 0 aliphatic rings. The van der Waals surface area contributed by atoms with Crippen LogP contribution in [0.2, 0.25) is 0 Å². The summed E-state index contributed by atoms with van der Waals surface area (Å²) >= 11 is 0. The molecule has 3 rings (SSSR count). The third-order valence-corrected chi connectivity index (χ3v) is 3.20. The lowest BCUT2D eigenvalue weighted by molar-refractivity contribution is 0.531. The van der Waals surface area contributed by atoms with Gasteiger partial charge in [0.25, 0.3) is 0 Å². The van der Waals surface area contributed by atoms with Gasteiger partial charge in [0.15, 0.2) is 17.1 Å². The first-order valence-corrected chi connectivity index (χ1v) is 6.70. The molecule has 0 fully saturated rings. The second-order valence-corrected chi connectivity index (χ2v) is 5.07. The van der Waals surface area contributed by atoms with Gasteiger partial charge in [-0.05, 0) is 25.5 Å². The number of nitrogens with two attached hydrogens (primary N) is 1. The second-order valence-electron chi connectivity index (χ2n) is 5.07. The van der Waals surface area contributed by atoms with Crippen LogP contribution in [-0.2, 0) is 6.42 Å². The zero-order valence-corrected chi connectivity index (χ0v) is 11.7. The molecule has 0 unspecified atom stereocenters. The Bertz CT molecular complexity index is 741. The lowest BCUT2D eigenvalue weighted by Crippen LogP contribution is -2.02. The van der Waals surface area contributed by atoms with Crippen LogP contribution in [0.5, 0.6) is 0 Å². The molecule has 2 heterocycles. The molecule has 0 amide bonds. The van der Waals surface area contributed by atoms with E-state index in [4.69, 9.17) is 10.2 Å². The monoisotopic (exact) mass is 267 g/mol. The molecule has 0 spiro atoms. The van der Waals surface area contributed by atoms with Gasteiger partial charge < -0.3 is 10.2 Å². The van der Waals surface area contributed by atoms with Crippen molar-refractivity contribution in [3.63, 3.8) is 0 Å². The summed E-state index contributed by atoms with van der Waals surface area (Å²) < 4.78 is 5.68. The maximum atomic E-state index is 5.68. The summed E-state index contributed by atoms with van der Waals surface area (Å²) in [5, 5.41) is 0. The van der Waals surface area contributed by atoms with E-state index in [9.17, 15) is 0 Å². The van der Waals surface area contributed by atoms with Gasteiger partial charge in [0.2, 0.25) is 0 Å². The molecule has 0 radical (unpaired) electrons. The van der Waals surface area contributed by atoms with Gasteiger partial charge in [0, 0.05) is 24.7 Å². The van der Waals surface area contributed by atoms with Crippen molar-refractivity contribution in [1.29, 1.82) is 0 Å². The summed E-state index contributed by atoms with van der Waals surface area (Å²) in [6, 6.07) is 8.44. The number of fused-ring (bicyclic) bond motifs is 1. The zero-order chi connectivity index (χ0) is 14.1. The Balaban J connectivity index is 2.07. The molecule has 2 N–H and O–H groups in total. The van der Waals surface area contributed by atoms with E-state index >= 15 is 0 Å². The molecule has 0 aliphatic heterocycles. The summed E-state index contributed by atoms with van der Waals surface area (Å²) in [7, 11) is 0. The Morgan fingerprint density at radius 2 is 1.80 bits per heavy atom. The van der Waals surface area contributed by atoms with E-state index < -0.39 is 0 Å². The van der Waals surface area contributed by atoms with Gasteiger partial charge in [-0.15, -0.1) is 0 Å². The number of aryl methyl sites for hydroxylation is 2. The maximum absolute atomic E-state index is 5.68. The van der Waals surface area contributed by atoms with Crippen LogP contribution in [0, 0.1) is 13.8 Å². The van der Waals surface area contributed by atoms with Crippen LogP contribution in [0.15, 0.2) is 34.9 Å². The Hall–Kier alpha value is -2.20. The van der Waals surface area contributed by atoms with Gasteiger partial charge in [0.05, 0.1) is 0 Å². The zero-order valence-electron chi connectivity index (χ0n) is 11.7. The molecule has 0 bridgehead atoms. The van der Waals surface area contributed by atoms with Crippen LogP contribution in [0.4, 0.5) is 0 Å². The first kappa shape index (κ1) is 12.8. The van der Waals surface area contributed by atoms with E-state index in [1.54, 1.807) is 0 Å². The summed E-state index contributed by atoms with van der Waals surface area (Å²) in [4.78, 5) is 8.69. The molecule has 4 nitrogen and oxygen atoms in total. The van der Waals surface area contributed by atoms with Gasteiger partial charge in [-0.3, -0.25) is 0 Å². The summed E-state index contributed by atoms with van der Waals surface area (Å²) in [5.74, 6) is 0.646. The smallest absolute Gasteiger partial charge is 0.198 e. The number of aromatic nitrogens is 2. The van der Waals surface area contributed by atoms with E-state index in [0.29, 0.717) is 30.1 Å². The van der Waals surface area contributed by atoms with Crippen LogP contribution >= 0.6 is 0 Å². The van der Waals surface area contributed by atoms with Crippen LogP contribution in [-0.4, -0.2) is 16.5 Å². The Morgan fingerprint density at radius 1 is 1.05 bits per heavy atom. The highest BCUT2D eigenvalue weighted by Gasteiger charge is 2.08. The number of oxazole rings is 1. The molecule has 3 aromatic rings. The minimum Gasteiger partial charge on any atom is -0.439 e. The number of benzene rings is 1. The summed E-state index contributed by atoms with van der Waals surface area (Å²) in [5.41, 5.74) is 11.5. The van der Waals surface area contributed by atoms with E-state index in [-0.39, 0.29) is 0 Å². The largest absolute Gasteiger partial charge is 0.439 e. The van der Waals surface area contributed by atoms with Crippen molar-refractivity contribution in [3.05, 3.63) is 47.5 Å². The maximum Gasteiger partial charge on any atom is 0.198 e. The fraction of sp³-hybridized carbons (Fsp3) is 0.250. The highest BCUT2D eigenvalue weighted by molar-refractivity contribution is 5.76. The van der Waals surface area contributed by atoms with Crippen molar-refractivity contribution >= 4 is 11.2 Å². The number of pyridine rings is 1. The minimum atomic E-state index is 0.525. The molecule has 4 heteroatoms. The summed E-state index contributed by atoms with van der Waals surface area (Å²) in [6.45, 7) is 4.71. The van der Waals surface area contributed by atoms with Crippen molar-refractivity contribution in [2.75, 3.05) is 6.54 Å². The summed E-state index contributed by atoms with van der Waals surface area (Å²) in [6.07, 6.45) is 2.47. The highest BCUT2D eigenvalue weighted by atomic mass is 16.3. The third-order valence-electron chi connectivity index (χ3n) is 3.20. The first-order valence-electron chi connectivity index (χ1n) is 6.70. The lowest BCUT2D eigenvalue weighted by atomic mass is 10.0. The minimum absolute atomic E-state index is 0.525. The van der Waals surface area contributed by atoms with Gasteiger partial charge in [-0.25, -0.2) is 4.98 Å². The fourth-order valence-corrected chi connectivity index (χ4v) is 2.39. The first-order chi connectivity index (χ1) is 9.65. The van der Waals surface area contributed by atoms with Gasteiger partial charge >= 0.3 is 0 Å². The molecule has 0 saturated heterocycles. The van der Waals surface area contributed by atoms with Crippen molar-refractivity contribution in [2.45, 2.75) is 20.3 Å². The Kier molecular flexibility index (Phi) is 3.24. The SMILES string of the molecule is Cc1cc(C)cc(-c2cnc3nc(CCN)oc3c2)c1. The number of nitrogens with zero attached hydrogens (tertiary/aromatic N) is 2.